The lowest BCUT2D eigenvalue weighted by Gasteiger charge is -2.07. The van der Waals surface area contributed by atoms with Crippen LogP contribution < -0.4 is 4.80 Å². The Balaban J connectivity index is 1.83. The summed E-state index contributed by atoms with van der Waals surface area (Å²) in [5.74, 6) is -0.287. The van der Waals surface area contributed by atoms with Gasteiger partial charge in [0.05, 0.1) is 18.0 Å². The van der Waals surface area contributed by atoms with E-state index in [0.717, 1.165) is 16.8 Å². The fourth-order valence-electron chi connectivity index (χ4n) is 2.90. The average Bonchev–Trinajstić information content (AvgIpc) is 3.16. The Morgan fingerprint density at radius 2 is 1.72 bits per heavy atom. The number of nitrogens with zero attached hydrogens (tertiary/aromatic N) is 4. The molecular weight excluding hydrogens is 383 g/mol. The van der Waals surface area contributed by atoms with Gasteiger partial charge in [0.15, 0.2) is 0 Å². The summed E-state index contributed by atoms with van der Waals surface area (Å²) in [6.45, 7) is 2.45. The van der Waals surface area contributed by atoms with Crippen molar-refractivity contribution in [2.45, 2.75) is 13.5 Å². The van der Waals surface area contributed by atoms with Gasteiger partial charge in [0.25, 0.3) is 0 Å². The van der Waals surface area contributed by atoms with E-state index >= 15 is 0 Å². The van der Waals surface area contributed by atoms with Crippen molar-refractivity contribution < 1.29 is 4.39 Å². The molecule has 0 spiro atoms. The molecule has 0 radical (unpaired) electrons. The van der Waals surface area contributed by atoms with E-state index < -0.39 is 0 Å². The molecule has 0 saturated carbocycles. The maximum atomic E-state index is 14.5. The minimum atomic E-state index is -0.287. The highest BCUT2D eigenvalue weighted by atomic mass is 32.1. The second-order valence-corrected chi connectivity index (χ2v) is 7.25. The minimum absolute atomic E-state index is 0.287. The fraction of sp³-hybridized carbons (Fsp3) is 0.0870. The Kier molecular flexibility index (Phi) is 5.72. The van der Waals surface area contributed by atoms with Crippen molar-refractivity contribution >= 4 is 17.0 Å². The highest BCUT2D eigenvalue weighted by molar-refractivity contribution is 7.07. The zero-order valence-electron chi connectivity index (χ0n) is 15.9. The molecule has 0 aliphatic rings. The summed E-state index contributed by atoms with van der Waals surface area (Å²) >= 11 is 1.45. The lowest BCUT2D eigenvalue weighted by atomic mass is 10.1. The minimum Gasteiger partial charge on any atom is -0.265 e. The van der Waals surface area contributed by atoms with Gasteiger partial charge < -0.3 is 0 Å². The molecular formula is C23H19FN4S. The summed E-state index contributed by atoms with van der Waals surface area (Å²) in [7, 11) is 0. The molecule has 0 saturated heterocycles. The van der Waals surface area contributed by atoms with Gasteiger partial charge in [-0.1, -0.05) is 42.5 Å². The van der Waals surface area contributed by atoms with Crippen molar-refractivity contribution in [2.75, 3.05) is 0 Å². The van der Waals surface area contributed by atoms with Crippen molar-refractivity contribution in [1.82, 2.24) is 9.66 Å². The Hall–Kier alpha value is -3.38. The topological polar surface area (TPSA) is 42.5 Å². The summed E-state index contributed by atoms with van der Waals surface area (Å²) in [6, 6.07) is 20.5. The monoisotopic (exact) mass is 402 g/mol. The zero-order chi connectivity index (χ0) is 20.1. The Morgan fingerprint density at radius 1 is 1.00 bits per heavy atom. The average molecular weight is 402 g/mol. The molecule has 4 nitrogen and oxygen atoms in total. The molecule has 0 bridgehead atoms. The van der Waals surface area contributed by atoms with Gasteiger partial charge in [-0.25, -0.2) is 9.07 Å². The van der Waals surface area contributed by atoms with Gasteiger partial charge in [0.2, 0.25) is 4.80 Å². The van der Waals surface area contributed by atoms with E-state index in [4.69, 9.17) is 10.1 Å². The van der Waals surface area contributed by atoms with E-state index in [2.05, 4.69) is 4.98 Å². The summed E-state index contributed by atoms with van der Waals surface area (Å²) in [5.41, 5.74) is 4.02. The number of thiazole rings is 1. The van der Waals surface area contributed by atoms with Crippen LogP contribution in [-0.4, -0.2) is 15.4 Å². The summed E-state index contributed by atoms with van der Waals surface area (Å²) in [6.07, 6.45) is 3.45. The molecule has 0 unspecified atom stereocenters. The standard InChI is InChI=1S/C23H19FN4S/c1-17(19-11-13-25-14-12-19)27-28-22(20-9-5-6-10-21(20)24)16-29-23(28)26-15-18-7-3-2-4-8-18/h2-14,16H,15H2,1H3/b26-23?,27-17+. The van der Waals surface area contributed by atoms with Crippen LogP contribution in [0.25, 0.3) is 11.3 Å². The molecule has 2 aromatic carbocycles. The van der Waals surface area contributed by atoms with Gasteiger partial charge in [0, 0.05) is 28.9 Å². The third-order valence-electron chi connectivity index (χ3n) is 4.42. The number of aromatic nitrogens is 2. The van der Waals surface area contributed by atoms with Gasteiger partial charge in [-0.05, 0) is 36.8 Å². The van der Waals surface area contributed by atoms with Crippen LogP contribution in [0.5, 0.6) is 0 Å². The maximum Gasteiger partial charge on any atom is 0.206 e. The second kappa shape index (κ2) is 8.75. The van der Waals surface area contributed by atoms with Gasteiger partial charge in [0.1, 0.15) is 5.82 Å². The van der Waals surface area contributed by atoms with Crippen LogP contribution in [0, 0.1) is 5.82 Å². The van der Waals surface area contributed by atoms with Crippen LogP contribution in [-0.2, 0) is 6.54 Å². The van der Waals surface area contributed by atoms with E-state index in [9.17, 15) is 4.39 Å². The molecule has 2 aromatic heterocycles. The normalized spacial score (nSPS) is 12.3. The third-order valence-corrected chi connectivity index (χ3v) is 5.28. The van der Waals surface area contributed by atoms with Gasteiger partial charge in [-0.2, -0.15) is 5.10 Å². The molecule has 0 N–H and O–H groups in total. The number of rotatable bonds is 5. The molecule has 0 aliphatic carbocycles. The van der Waals surface area contributed by atoms with Crippen LogP contribution in [0.3, 0.4) is 0 Å². The predicted molar refractivity (Wildman–Crippen MR) is 115 cm³/mol. The van der Waals surface area contributed by atoms with Crippen LogP contribution in [0.2, 0.25) is 0 Å². The molecule has 29 heavy (non-hydrogen) atoms. The Bertz CT molecular complexity index is 1190. The van der Waals surface area contributed by atoms with E-state index in [1.54, 1.807) is 29.2 Å². The molecule has 2 heterocycles. The lowest BCUT2D eigenvalue weighted by molar-refractivity contribution is 0.629. The first-order valence-corrected chi connectivity index (χ1v) is 10.1. The third kappa shape index (κ3) is 4.38. The molecule has 4 rings (SSSR count). The molecule has 144 valence electrons. The second-order valence-electron chi connectivity index (χ2n) is 6.42. The van der Waals surface area contributed by atoms with E-state index in [0.29, 0.717) is 22.6 Å². The molecule has 0 amide bonds. The van der Waals surface area contributed by atoms with E-state index in [1.165, 1.54) is 17.4 Å². The molecule has 0 aliphatic heterocycles. The highest BCUT2D eigenvalue weighted by Gasteiger charge is 2.12. The van der Waals surface area contributed by atoms with Crippen molar-refractivity contribution in [2.24, 2.45) is 10.1 Å². The number of benzene rings is 2. The number of pyridine rings is 1. The van der Waals surface area contributed by atoms with Crippen molar-refractivity contribution in [3.63, 3.8) is 0 Å². The zero-order valence-corrected chi connectivity index (χ0v) is 16.7. The Morgan fingerprint density at radius 3 is 2.48 bits per heavy atom. The molecule has 4 aromatic rings. The fourth-order valence-corrected chi connectivity index (χ4v) is 3.72. The Labute approximate surface area is 172 Å². The van der Waals surface area contributed by atoms with E-state index in [1.807, 2.05) is 60.8 Å². The SMILES string of the molecule is C/C(=N\n1c(-c2ccccc2F)csc1=NCc1ccccc1)c1ccncc1. The lowest BCUT2D eigenvalue weighted by Crippen LogP contribution is -2.14. The molecule has 0 atom stereocenters. The number of hydrogen-bond acceptors (Lipinski definition) is 4. The summed E-state index contributed by atoms with van der Waals surface area (Å²) in [4.78, 5) is 9.50. The first kappa shape index (κ1) is 19.0. The van der Waals surface area contributed by atoms with Gasteiger partial charge in [-0.3, -0.25) is 9.98 Å². The largest absolute Gasteiger partial charge is 0.265 e. The van der Waals surface area contributed by atoms with Crippen LogP contribution >= 0.6 is 11.3 Å². The van der Waals surface area contributed by atoms with Gasteiger partial charge in [-0.15, -0.1) is 11.3 Å². The number of hydrogen-bond donors (Lipinski definition) is 0. The quantitative estimate of drug-likeness (QED) is 0.427. The maximum absolute atomic E-state index is 14.5. The number of halogens is 1. The highest BCUT2D eigenvalue weighted by Crippen LogP contribution is 2.23. The first-order valence-electron chi connectivity index (χ1n) is 9.18. The van der Waals surface area contributed by atoms with Gasteiger partial charge >= 0.3 is 0 Å². The summed E-state index contributed by atoms with van der Waals surface area (Å²) in [5, 5.41) is 6.67. The first-order chi connectivity index (χ1) is 14.2. The predicted octanol–water partition coefficient (Wildman–Crippen LogP) is 5.12. The van der Waals surface area contributed by atoms with Crippen molar-refractivity contribution in [1.29, 1.82) is 0 Å². The smallest absolute Gasteiger partial charge is 0.206 e. The molecule has 6 heteroatoms. The van der Waals surface area contributed by atoms with Crippen molar-refractivity contribution in [3.05, 3.63) is 106 Å². The van der Waals surface area contributed by atoms with E-state index in [-0.39, 0.29) is 5.82 Å². The van der Waals surface area contributed by atoms with Crippen molar-refractivity contribution in [3.8, 4) is 11.3 Å². The summed E-state index contributed by atoms with van der Waals surface area (Å²) < 4.78 is 16.2. The van der Waals surface area contributed by atoms with Crippen LogP contribution in [0.4, 0.5) is 4.39 Å². The van der Waals surface area contributed by atoms with Crippen LogP contribution in [0.1, 0.15) is 18.1 Å². The molecule has 0 fully saturated rings. The van der Waals surface area contributed by atoms with Crippen LogP contribution in [0.15, 0.2) is 94.6 Å².